The van der Waals surface area contributed by atoms with Crippen molar-refractivity contribution in [2.24, 2.45) is 11.3 Å². The quantitative estimate of drug-likeness (QED) is 0.0446. The first kappa shape index (κ1) is 65.4. The minimum Gasteiger partial charge on any atom is -0.481 e. The topological polar surface area (TPSA) is 132 Å². The fourth-order valence-electron chi connectivity index (χ4n) is 10.9. The Hall–Kier alpha value is -1.63. The van der Waals surface area contributed by atoms with Gasteiger partial charge in [-0.3, -0.25) is 9.59 Å². The van der Waals surface area contributed by atoms with Crippen molar-refractivity contribution < 1.29 is 34.8 Å². The van der Waals surface area contributed by atoms with Gasteiger partial charge in [0.2, 0.25) is 0 Å². The lowest BCUT2D eigenvalue weighted by Crippen LogP contribution is -2.64. The third-order valence-electron chi connectivity index (χ3n) is 15.5. The van der Waals surface area contributed by atoms with E-state index in [1.165, 1.54) is 212 Å². The zero-order valence-electron chi connectivity index (χ0n) is 45.2. The number of rotatable bonds is 56. The standard InChI is InChI=1S/C60H116O7/c1-4-7-10-13-16-19-22-25-28-31-34-37-40-43-46-49-52-55(56(61)62)60(67,58(65)66)59(57(63)64,53-50-47-44-41-38-35-32-29-26-23-20-17-14-11-8-5-2)54-51-48-45-42-39-36-33-30-27-24-21-18-15-12-9-6-3/h55,67H,4-54H2,1-3H3,(H,61,62)(H,63,64)(H,65,66). The van der Waals surface area contributed by atoms with Crippen LogP contribution in [0.5, 0.6) is 0 Å². The van der Waals surface area contributed by atoms with Crippen molar-refractivity contribution in [2.75, 3.05) is 0 Å². The van der Waals surface area contributed by atoms with Crippen molar-refractivity contribution in [3.8, 4) is 0 Å². The van der Waals surface area contributed by atoms with E-state index in [2.05, 4.69) is 20.8 Å². The lowest BCUT2D eigenvalue weighted by Gasteiger charge is -2.45. The van der Waals surface area contributed by atoms with Crippen LogP contribution >= 0.6 is 0 Å². The second kappa shape index (κ2) is 48.0. The Morgan fingerprint density at radius 2 is 0.493 bits per heavy atom. The van der Waals surface area contributed by atoms with Gasteiger partial charge in [0.15, 0.2) is 5.60 Å². The van der Waals surface area contributed by atoms with Crippen molar-refractivity contribution in [1.29, 1.82) is 0 Å². The summed E-state index contributed by atoms with van der Waals surface area (Å²) in [6.07, 6.45) is 56.4. The van der Waals surface area contributed by atoms with Gasteiger partial charge in [-0.15, -0.1) is 0 Å². The van der Waals surface area contributed by atoms with E-state index in [1.54, 1.807) is 0 Å². The maximum Gasteiger partial charge on any atom is 0.337 e. The van der Waals surface area contributed by atoms with Crippen LogP contribution in [0.3, 0.4) is 0 Å². The summed E-state index contributed by atoms with van der Waals surface area (Å²) in [5.74, 6) is -6.16. The highest BCUT2D eigenvalue weighted by molar-refractivity contribution is 5.93. The Labute approximate surface area is 416 Å². The molecule has 0 aliphatic rings. The molecule has 4 N–H and O–H groups in total. The smallest absolute Gasteiger partial charge is 0.337 e. The van der Waals surface area contributed by atoms with Gasteiger partial charge in [0.1, 0.15) is 5.41 Å². The number of hydrogen-bond acceptors (Lipinski definition) is 4. The molecular formula is C60H116O7. The van der Waals surface area contributed by atoms with Gasteiger partial charge in [-0.05, 0) is 19.3 Å². The number of carbonyl (C=O) groups is 3. The summed E-state index contributed by atoms with van der Waals surface area (Å²) < 4.78 is 0. The largest absolute Gasteiger partial charge is 0.481 e. The summed E-state index contributed by atoms with van der Waals surface area (Å²) in [4.78, 5) is 39.7. The molecule has 67 heavy (non-hydrogen) atoms. The molecule has 0 fully saturated rings. The number of hydrogen-bond donors (Lipinski definition) is 4. The Kier molecular flexibility index (Phi) is 46.9. The Balaban J connectivity index is 5.18. The summed E-state index contributed by atoms with van der Waals surface area (Å²) in [6.45, 7) is 6.78. The zero-order chi connectivity index (χ0) is 49.4. The first-order valence-corrected chi connectivity index (χ1v) is 30.1. The average molecular weight is 950 g/mol. The van der Waals surface area contributed by atoms with Crippen LogP contribution in [-0.4, -0.2) is 43.9 Å². The Morgan fingerprint density at radius 1 is 0.299 bits per heavy atom. The van der Waals surface area contributed by atoms with E-state index in [0.29, 0.717) is 19.3 Å². The van der Waals surface area contributed by atoms with Crippen molar-refractivity contribution in [2.45, 2.75) is 354 Å². The van der Waals surface area contributed by atoms with E-state index in [4.69, 9.17) is 0 Å². The first-order chi connectivity index (χ1) is 32.7. The third-order valence-corrected chi connectivity index (χ3v) is 15.5. The van der Waals surface area contributed by atoms with Crippen LogP contribution in [0.2, 0.25) is 0 Å². The Bertz CT molecular complexity index is 1060. The number of carboxylic acid groups (broad SMARTS) is 3. The molecule has 0 rings (SSSR count). The number of unbranched alkanes of at least 4 members (excludes halogenated alkanes) is 45. The van der Waals surface area contributed by atoms with Crippen LogP contribution < -0.4 is 0 Å². The van der Waals surface area contributed by atoms with E-state index in [1.807, 2.05) is 0 Å². The molecule has 7 heteroatoms. The molecule has 2 atom stereocenters. The minimum atomic E-state index is -2.90. The molecule has 0 amide bonds. The molecule has 0 spiro atoms. The van der Waals surface area contributed by atoms with Gasteiger partial charge in [-0.25, -0.2) is 4.79 Å². The third kappa shape index (κ3) is 34.4. The van der Waals surface area contributed by atoms with Crippen LogP contribution in [0.1, 0.15) is 348 Å². The lowest BCUT2D eigenvalue weighted by atomic mass is 9.59. The molecule has 0 aromatic heterocycles. The number of carboxylic acids is 3. The molecule has 7 nitrogen and oxygen atoms in total. The molecule has 0 radical (unpaired) electrons. The SMILES string of the molecule is CCCCCCCCCCCCCCCCCCC(C(=O)O)C(O)(C(=O)O)C(CCCCCCCCCCCCCCCCCC)(CCCCCCCCCCCCCCCCCC)C(=O)O. The fraction of sp³-hybridized carbons (Fsp3) is 0.950. The molecule has 0 aliphatic carbocycles. The van der Waals surface area contributed by atoms with E-state index in [0.717, 1.165) is 77.0 Å². The van der Waals surface area contributed by atoms with Crippen LogP contribution in [-0.2, 0) is 14.4 Å². The van der Waals surface area contributed by atoms with Crippen LogP contribution in [0, 0.1) is 11.3 Å². The molecule has 398 valence electrons. The van der Waals surface area contributed by atoms with Crippen molar-refractivity contribution >= 4 is 17.9 Å². The molecule has 2 unspecified atom stereocenters. The van der Waals surface area contributed by atoms with Gasteiger partial charge >= 0.3 is 17.9 Å². The molecule has 0 aromatic rings. The monoisotopic (exact) mass is 949 g/mol. The molecule has 0 saturated heterocycles. The highest BCUT2D eigenvalue weighted by Crippen LogP contribution is 2.48. The maximum atomic E-state index is 13.5. The van der Waals surface area contributed by atoms with E-state index in [-0.39, 0.29) is 19.3 Å². The van der Waals surface area contributed by atoms with E-state index >= 15 is 0 Å². The summed E-state index contributed by atoms with van der Waals surface area (Å²) in [6, 6.07) is 0. The first-order valence-electron chi connectivity index (χ1n) is 30.1. The van der Waals surface area contributed by atoms with Gasteiger partial charge in [-0.2, -0.15) is 0 Å². The minimum absolute atomic E-state index is 0.0228. The second-order valence-corrected chi connectivity index (χ2v) is 21.5. The predicted molar refractivity (Wildman–Crippen MR) is 286 cm³/mol. The number of aliphatic hydroxyl groups is 1. The summed E-state index contributed by atoms with van der Waals surface area (Å²) in [7, 11) is 0. The molecule has 0 aliphatic heterocycles. The maximum absolute atomic E-state index is 13.5. The van der Waals surface area contributed by atoms with Crippen molar-refractivity contribution in [3.63, 3.8) is 0 Å². The molecule has 0 saturated carbocycles. The van der Waals surface area contributed by atoms with Crippen LogP contribution in [0.4, 0.5) is 0 Å². The summed E-state index contributed by atoms with van der Waals surface area (Å²) in [5.41, 5.74) is -4.96. The summed E-state index contributed by atoms with van der Waals surface area (Å²) >= 11 is 0. The highest BCUT2D eigenvalue weighted by Gasteiger charge is 2.65. The van der Waals surface area contributed by atoms with Gasteiger partial charge in [0.05, 0.1) is 5.92 Å². The van der Waals surface area contributed by atoms with E-state index < -0.39 is 34.8 Å². The van der Waals surface area contributed by atoms with Gasteiger partial charge in [-0.1, -0.05) is 329 Å². The van der Waals surface area contributed by atoms with Crippen molar-refractivity contribution in [1.82, 2.24) is 0 Å². The normalized spacial score (nSPS) is 13.3. The lowest BCUT2D eigenvalue weighted by molar-refractivity contribution is -0.207. The second-order valence-electron chi connectivity index (χ2n) is 21.5. The summed E-state index contributed by atoms with van der Waals surface area (Å²) in [5, 5.41) is 44.6. The predicted octanol–water partition coefficient (Wildman–Crippen LogP) is 19.5. The number of aliphatic carboxylic acids is 3. The fourth-order valence-corrected chi connectivity index (χ4v) is 10.9. The van der Waals surface area contributed by atoms with Gasteiger partial charge in [0.25, 0.3) is 0 Å². The highest BCUT2D eigenvalue weighted by atomic mass is 16.4. The molecular weight excluding hydrogens is 833 g/mol. The average Bonchev–Trinajstić information content (AvgIpc) is 3.31. The van der Waals surface area contributed by atoms with Gasteiger partial charge < -0.3 is 20.4 Å². The van der Waals surface area contributed by atoms with Gasteiger partial charge in [0, 0.05) is 0 Å². The van der Waals surface area contributed by atoms with Crippen molar-refractivity contribution in [3.05, 3.63) is 0 Å². The van der Waals surface area contributed by atoms with E-state index in [9.17, 15) is 34.8 Å². The molecule has 0 aromatic carbocycles. The molecule has 0 bridgehead atoms. The Morgan fingerprint density at radius 3 is 0.672 bits per heavy atom. The zero-order valence-corrected chi connectivity index (χ0v) is 45.2. The molecule has 0 heterocycles. The van der Waals surface area contributed by atoms with Crippen LogP contribution in [0.25, 0.3) is 0 Å². The van der Waals surface area contributed by atoms with Crippen LogP contribution in [0.15, 0.2) is 0 Å².